The van der Waals surface area contributed by atoms with Gasteiger partial charge in [-0.3, -0.25) is 0 Å². The van der Waals surface area contributed by atoms with Crippen LogP contribution in [0.3, 0.4) is 0 Å². The molecule has 0 aliphatic heterocycles. The Morgan fingerprint density at radius 1 is 1.30 bits per heavy atom. The van der Waals surface area contributed by atoms with Gasteiger partial charge >= 0.3 is 0 Å². The van der Waals surface area contributed by atoms with Crippen LogP contribution in [0.1, 0.15) is 12.7 Å². The fourth-order valence-corrected chi connectivity index (χ4v) is 2.86. The Kier molecular flexibility index (Phi) is 4.19. The topological polar surface area (TPSA) is 79.5 Å². The largest absolute Gasteiger partial charge is 0.466 e. The van der Waals surface area contributed by atoms with Crippen molar-refractivity contribution in [3.05, 3.63) is 53.4 Å². The van der Waals surface area contributed by atoms with Crippen LogP contribution in [0.15, 0.2) is 52.0 Å². The van der Waals surface area contributed by atoms with Gasteiger partial charge in [-0.1, -0.05) is 11.6 Å². The number of hydrogen-bond donors (Lipinski definition) is 2. The zero-order valence-electron chi connectivity index (χ0n) is 10.7. The molecule has 0 amide bonds. The monoisotopic (exact) mass is 315 g/mol. The van der Waals surface area contributed by atoms with Crippen molar-refractivity contribution in [1.82, 2.24) is 4.72 Å². The summed E-state index contributed by atoms with van der Waals surface area (Å²) in [5, 5.41) is 10.6. The van der Waals surface area contributed by atoms with Crippen LogP contribution >= 0.6 is 11.6 Å². The molecule has 1 aromatic carbocycles. The standard InChI is InChI=1S/C13H14ClNO4S/c1-13(16,12-3-2-8-19-12)9-15-20(17,18)11-6-4-10(14)5-7-11/h2-8,15-16H,9H2,1H3. The van der Waals surface area contributed by atoms with Crippen molar-refractivity contribution in [2.24, 2.45) is 0 Å². The van der Waals surface area contributed by atoms with E-state index in [1.165, 1.54) is 37.5 Å². The minimum absolute atomic E-state index is 0.0807. The molecule has 0 aliphatic carbocycles. The van der Waals surface area contributed by atoms with Crippen LogP contribution in [0, 0.1) is 0 Å². The van der Waals surface area contributed by atoms with Gasteiger partial charge in [-0.15, -0.1) is 0 Å². The Morgan fingerprint density at radius 3 is 2.50 bits per heavy atom. The third-order valence-electron chi connectivity index (χ3n) is 2.78. The lowest BCUT2D eigenvalue weighted by Gasteiger charge is -2.21. The Labute approximate surface area is 122 Å². The lowest BCUT2D eigenvalue weighted by Crippen LogP contribution is -2.38. The van der Waals surface area contributed by atoms with E-state index in [0.29, 0.717) is 5.02 Å². The van der Waals surface area contributed by atoms with E-state index in [4.69, 9.17) is 16.0 Å². The van der Waals surface area contributed by atoms with Gasteiger partial charge < -0.3 is 9.52 Å². The third kappa shape index (κ3) is 3.40. The average molecular weight is 316 g/mol. The first-order valence-corrected chi connectivity index (χ1v) is 7.69. The zero-order valence-corrected chi connectivity index (χ0v) is 12.3. The molecule has 1 heterocycles. The molecule has 1 atom stereocenters. The van der Waals surface area contributed by atoms with Gasteiger partial charge in [-0.25, -0.2) is 13.1 Å². The highest BCUT2D eigenvalue weighted by Crippen LogP contribution is 2.21. The second-order valence-corrected chi connectivity index (χ2v) is 6.73. The molecule has 1 aromatic heterocycles. The first-order valence-electron chi connectivity index (χ1n) is 5.83. The van der Waals surface area contributed by atoms with Gasteiger partial charge in [0.2, 0.25) is 10.0 Å². The molecule has 0 fully saturated rings. The SMILES string of the molecule is CC(O)(CNS(=O)(=O)c1ccc(Cl)cc1)c1ccco1. The number of benzene rings is 1. The molecule has 0 aliphatic rings. The molecular formula is C13H14ClNO4S. The van der Waals surface area contributed by atoms with Gasteiger partial charge in [-0.05, 0) is 43.3 Å². The van der Waals surface area contributed by atoms with E-state index in [-0.39, 0.29) is 17.2 Å². The van der Waals surface area contributed by atoms with E-state index in [9.17, 15) is 13.5 Å². The van der Waals surface area contributed by atoms with E-state index < -0.39 is 15.6 Å². The van der Waals surface area contributed by atoms with E-state index in [0.717, 1.165) is 0 Å². The fraction of sp³-hybridized carbons (Fsp3) is 0.231. The number of rotatable bonds is 5. The molecular weight excluding hydrogens is 302 g/mol. The summed E-state index contributed by atoms with van der Waals surface area (Å²) in [7, 11) is -3.71. The molecule has 2 aromatic rings. The number of nitrogens with one attached hydrogen (secondary N) is 1. The Bertz CT molecular complexity index is 663. The van der Waals surface area contributed by atoms with Crippen LogP contribution < -0.4 is 4.72 Å². The van der Waals surface area contributed by atoms with Gasteiger partial charge in [0.15, 0.2) is 0 Å². The first kappa shape index (κ1) is 15.1. The number of halogens is 1. The molecule has 108 valence electrons. The van der Waals surface area contributed by atoms with Crippen LogP contribution in [-0.4, -0.2) is 20.1 Å². The molecule has 1 unspecified atom stereocenters. The molecule has 0 radical (unpaired) electrons. The first-order chi connectivity index (χ1) is 9.31. The van der Waals surface area contributed by atoms with Crippen molar-refractivity contribution in [2.75, 3.05) is 6.54 Å². The lowest BCUT2D eigenvalue weighted by atomic mass is 10.1. The van der Waals surface area contributed by atoms with Crippen LogP contribution in [0.25, 0.3) is 0 Å². The summed E-state index contributed by atoms with van der Waals surface area (Å²) >= 11 is 5.71. The number of sulfonamides is 1. The lowest BCUT2D eigenvalue weighted by molar-refractivity contribution is 0.0395. The summed E-state index contributed by atoms with van der Waals surface area (Å²) in [4.78, 5) is 0.0807. The predicted octanol–water partition coefficient (Wildman–Crippen LogP) is 2.12. The maximum atomic E-state index is 12.1. The van der Waals surface area contributed by atoms with Gasteiger partial charge in [0.05, 0.1) is 11.2 Å². The minimum atomic E-state index is -3.71. The van der Waals surface area contributed by atoms with Crippen molar-refractivity contribution in [1.29, 1.82) is 0 Å². The molecule has 0 saturated heterocycles. The quantitative estimate of drug-likeness (QED) is 0.885. The maximum Gasteiger partial charge on any atom is 0.240 e. The van der Waals surface area contributed by atoms with E-state index in [1.54, 1.807) is 12.1 Å². The summed E-state index contributed by atoms with van der Waals surface area (Å²) in [6.07, 6.45) is 1.41. The molecule has 0 bridgehead atoms. The smallest absolute Gasteiger partial charge is 0.240 e. The number of aliphatic hydroxyl groups is 1. The Morgan fingerprint density at radius 2 is 1.95 bits per heavy atom. The molecule has 5 nitrogen and oxygen atoms in total. The molecule has 2 rings (SSSR count). The average Bonchev–Trinajstić information content (AvgIpc) is 2.92. The van der Waals surface area contributed by atoms with Crippen molar-refractivity contribution in [3.63, 3.8) is 0 Å². The highest BCUT2D eigenvalue weighted by atomic mass is 35.5. The molecule has 7 heteroatoms. The molecule has 0 spiro atoms. The second-order valence-electron chi connectivity index (χ2n) is 4.53. The maximum absolute atomic E-state index is 12.1. The summed E-state index contributed by atoms with van der Waals surface area (Å²) in [5.74, 6) is 0.288. The normalized spacial score (nSPS) is 14.9. The van der Waals surface area contributed by atoms with Gasteiger partial charge in [0.1, 0.15) is 11.4 Å². The zero-order chi connectivity index (χ0) is 14.8. The van der Waals surface area contributed by atoms with Crippen LogP contribution in [0.4, 0.5) is 0 Å². The molecule has 2 N–H and O–H groups in total. The van der Waals surface area contributed by atoms with E-state index in [1.807, 2.05) is 0 Å². The van der Waals surface area contributed by atoms with Crippen molar-refractivity contribution in [3.8, 4) is 0 Å². The summed E-state index contributed by atoms with van der Waals surface area (Å²) < 4.78 is 31.6. The predicted molar refractivity (Wildman–Crippen MR) is 74.9 cm³/mol. The van der Waals surface area contributed by atoms with Crippen LogP contribution in [0.2, 0.25) is 5.02 Å². The Hall–Kier alpha value is -1.34. The summed E-state index contributed by atoms with van der Waals surface area (Å²) in [5.41, 5.74) is -1.43. The minimum Gasteiger partial charge on any atom is -0.466 e. The van der Waals surface area contributed by atoms with E-state index >= 15 is 0 Å². The van der Waals surface area contributed by atoms with Crippen molar-refractivity contribution < 1.29 is 17.9 Å². The van der Waals surface area contributed by atoms with Gasteiger partial charge in [-0.2, -0.15) is 0 Å². The Balaban J connectivity index is 2.12. The van der Waals surface area contributed by atoms with Crippen molar-refractivity contribution >= 4 is 21.6 Å². The van der Waals surface area contributed by atoms with E-state index in [2.05, 4.69) is 4.72 Å². The van der Waals surface area contributed by atoms with Crippen LogP contribution in [0.5, 0.6) is 0 Å². The number of furan rings is 1. The fourth-order valence-electron chi connectivity index (χ4n) is 1.60. The van der Waals surface area contributed by atoms with Crippen LogP contribution in [-0.2, 0) is 15.6 Å². The molecule has 20 heavy (non-hydrogen) atoms. The summed E-state index contributed by atoms with van der Waals surface area (Å²) in [6.45, 7) is 1.27. The van der Waals surface area contributed by atoms with Gasteiger partial charge in [0, 0.05) is 11.6 Å². The second kappa shape index (κ2) is 5.57. The number of hydrogen-bond acceptors (Lipinski definition) is 4. The molecule has 0 saturated carbocycles. The highest BCUT2D eigenvalue weighted by molar-refractivity contribution is 7.89. The summed E-state index contributed by atoms with van der Waals surface area (Å²) in [6, 6.07) is 8.97. The van der Waals surface area contributed by atoms with Gasteiger partial charge in [0.25, 0.3) is 0 Å². The van der Waals surface area contributed by atoms with Crippen molar-refractivity contribution in [2.45, 2.75) is 17.4 Å². The third-order valence-corrected chi connectivity index (χ3v) is 4.45. The highest BCUT2D eigenvalue weighted by Gasteiger charge is 2.28.